The van der Waals surface area contributed by atoms with Gasteiger partial charge in [0.25, 0.3) is 0 Å². The largest absolute Gasteiger partial charge is 0.207 e. The Hall–Kier alpha value is -1.96. The number of allylic oxidation sites excluding steroid dienone is 1. The summed E-state index contributed by atoms with van der Waals surface area (Å²) in [5.41, 5.74) is 3.98. The van der Waals surface area contributed by atoms with Crippen molar-refractivity contribution in [3.8, 4) is 0 Å². The molecule has 0 saturated heterocycles. The van der Waals surface area contributed by atoms with Gasteiger partial charge in [0.15, 0.2) is 0 Å². The van der Waals surface area contributed by atoms with Crippen LogP contribution in [0.3, 0.4) is 0 Å². The second-order valence-corrected chi connectivity index (χ2v) is 4.39. The Balaban J connectivity index is 2.51. The zero-order valence-corrected chi connectivity index (χ0v) is 10.4. The molecule has 0 bridgehead atoms. The fourth-order valence-electron chi connectivity index (χ4n) is 1.98. The zero-order chi connectivity index (χ0) is 13.1. The third-order valence-electron chi connectivity index (χ3n) is 2.77. The number of halogens is 2. The van der Waals surface area contributed by atoms with E-state index in [1.807, 2.05) is 13.8 Å². The van der Waals surface area contributed by atoms with Gasteiger partial charge in [-0.3, -0.25) is 0 Å². The molecule has 18 heavy (non-hydrogen) atoms. The molecule has 0 aromatic heterocycles. The first-order chi connectivity index (χ1) is 8.58. The molecule has 0 aliphatic heterocycles. The molecule has 0 aliphatic carbocycles. The number of benzene rings is 2. The highest BCUT2D eigenvalue weighted by Crippen LogP contribution is 2.27. The van der Waals surface area contributed by atoms with Crippen LogP contribution in [0.2, 0.25) is 0 Å². The van der Waals surface area contributed by atoms with Crippen molar-refractivity contribution in [3.63, 3.8) is 0 Å². The summed E-state index contributed by atoms with van der Waals surface area (Å²) in [5, 5.41) is 0. The van der Waals surface area contributed by atoms with E-state index in [2.05, 4.69) is 0 Å². The highest BCUT2D eigenvalue weighted by molar-refractivity contribution is 5.81. The van der Waals surface area contributed by atoms with E-state index in [1.165, 1.54) is 24.3 Å². The third-order valence-corrected chi connectivity index (χ3v) is 2.77. The van der Waals surface area contributed by atoms with Crippen LogP contribution in [0.5, 0.6) is 0 Å². The van der Waals surface area contributed by atoms with Crippen LogP contribution in [-0.4, -0.2) is 0 Å². The summed E-state index contributed by atoms with van der Waals surface area (Å²) < 4.78 is 25.9. The minimum Gasteiger partial charge on any atom is -0.207 e. The van der Waals surface area contributed by atoms with Crippen LogP contribution in [0.15, 0.2) is 54.1 Å². The van der Waals surface area contributed by atoms with Gasteiger partial charge in [-0.25, -0.2) is 8.78 Å². The van der Waals surface area contributed by atoms with Crippen LogP contribution in [-0.2, 0) is 0 Å². The first kappa shape index (κ1) is 12.5. The van der Waals surface area contributed by atoms with Crippen LogP contribution in [0.25, 0.3) is 5.57 Å². The Labute approximate surface area is 106 Å². The molecule has 0 amide bonds. The molecule has 0 aliphatic rings. The van der Waals surface area contributed by atoms with Crippen LogP contribution < -0.4 is 0 Å². The van der Waals surface area contributed by atoms with Gasteiger partial charge in [0, 0.05) is 0 Å². The van der Waals surface area contributed by atoms with E-state index in [1.54, 1.807) is 24.3 Å². The smallest absolute Gasteiger partial charge is 0.123 e. The topological polar surface area (TPSA) is 0 Å². The fraction of sp³-hybridized carbons (Fsp3) is 0.125. The maximum Gasteiger partial charge on any atom is 0.123 e. The molecule has 0 saturated carbocycles. The first-order valence-corrected chi connectivity index (χ1v) is 5.77. The lowest BCUT2D eigenvalue weighted by atomic mass is 9.94. The first-order valence-electron chi connectivity index (χ1n) is 5.77. The summed E-state index contributed by atoms with van der Waals surface area (Å²) in [6.07, 6.45) is 0. The molecule has 0 radical (unpaired) electrons. The minimum atomic E-state index is -0.258. The summed E-state index contributed by atoms with van der Waals surface area (Å²) >= 11 is 0. The minimum absolute atomic E-state index is 0.258. The molecule has 0 unspecified atom stereocenters. The van der Waals surface area contributed by atoms with E-state index in [4.69, 9.17) is 0 Å². The molecule has 2 rings (SSSR count). The van der Waals surface area contributed by atoms with Crippen molar-refractivity contribution in [2.75, 3.05) is 0 Å². The number of hydrogen-bond acceptors (Lipinski definition) is 0. The highest BCUT2D eigenvalue weighted by atomic mass is 19.1. The van der Waals surface area contributed by atoms with E-state index < -0.39 is 0 Å². The molecule has 0 N–H and O–H groups in total. The van der Waals surface area contributed by atoms with E-state index in [0.717, 1.165) is 22.3 Å². The van der Waals surface area contributed by atoms with E-state index in [9.17, 15) is 8.78 Å². The number of hydrogen-bond donors (Lipinski definition) is 0. The van der Waals surface area contributed by atoms with Gasteiger partial charge in [-0.2, -0.15) is 0 Å². The van der Waals surface area contributed by atoms with Crippen molar-refractivity contribution in [1.29, 1.82) is 0 Å². The van der Waals surface area contributed by atoms with E-state index in [-0.39, 0.29) is 11.6 Å². The fourth-order valence-corrected chi connectivity index (χ4v) is 1.98. The molecule has 92 valence electrons. The maximum absolute atomic E-state index is 12.9. The maximum atomic E-state index is 12.9. The molecule has 0 fully saturated rings. The van der Waals surface area contributed by atoms with E-state index >= 15 is 0 Å². The lowest BCUT2D eigenvalue weighted by Gasteiger charge is -2.11. The van der Waals surface area contributed by atoms with Gasteiger partial charge in [-0.05, 0) is 54.8 Å². The van der Waals surface area contributed by atoms with Crippen LogP contribution in [0, 0.1) is 11.6 Å². The summed E-state index contributed by atoms with van der Waals surface area (Å²) in [6, 6.07) is 12.7. The van der Waals surface area contributed by atoms with Crippen LogP contribution >= 0.6 is 0 Å². The molecule has 0 atom stereocenters. The third kappa shape index (κ3) is 2.65. The predicted octanol–water partition coefficient (Wildman–Crippen LogP) is 4.81. The van der Waals surface area contributed by atoms with E-state index in [0.29, 0.717) is 0 Å². The second kappa shape index (κ2) is 5.13. The van der Waals surface area contributed by atoms with Crippen molar-refractivity contribution in [1.82, 2.24) is 0 Å². The van der Waals surface area contributed by atoms with Gasteiger partial charge >= 0.3 is 0 Å². The number of rotatable bonds is 2. The Bertz CT molecular complexity index is 512. The molecular formula is C16H14F2. The van der Waals surface area contributed by atoms with Gasteiger partial charge in [-0.15, -0.1) is 0 Å². The second-order valence-electron chi connectivity index (χ2n) is 4.39. The Morgan fingerprint density at radius 2 is 1.00 bits per heavy atom. The van der Waals surface area contributed by atoms with Crippen molar-refractivity contribution >= 4 is 5.57 Å². The van der Waals surface area contributed by atoms with Crippen molar-refractivity contribution in [2.24, 2.45) is 0 Å². The van der Waals surface area contributed by atoms with Crippen molar-refractivity contribution < 1.29 is 8.78 Å². The zero-order valence-electron chi connectivity index (χ0n) is 10.4. The van der Waals surface area contributed by atoms with Crippen molar-refractivity contribution in [2.45, 2.75) is 13.8 Å². The molecule has 2 aromatic carbocycles. The SMILES string of the molecule is CC(C)=C(c1ccc(F)cc1)c1ccc(F)cc1. The van der Waals surface area contributed by atoms with Crippen LogP contribution in [0.1, 0.15) is 25.0 Å². The van der Waals surface area contributed by atoms with Crippen LogP contribution in [0.4, 0.5) is 8.78 Å². The van der Waals surface area contributed by atoms with Crippen molar-refractivity contribution in [3.05, 3.63) is 76.9 Å². The van der Waals surface area contributed by atoms with Gasteiger partial charge in [0.05, 0.1) is 0 Å². The molecular weight excluding hydrogens is 230 g/mol. The van der Waals surface area contributed by atoms with Gasteiger partial charge < -0.3 is 0 Å². The Kier molecular flexibility index (Phi) is 3.56. The van der Waals surface area contributed by atoms with Gasteiger partial charge in [0.1, 0.15) is 11.6 Å². The Morgan fingerprint density at radius 3 is 1.28 bits per heavy atom. The average molecular weight is 244 g/mol. The molecule has 0 spiro atoms. The molecule has 2 aromatic rings. The average Bonchev–Trinajstić information content (AvgIpc) is 2.34. The van der Waals surface area contributed by atoms with Gasteiger partial charge in [-0.1, -0.05) is 29.8 Å². The Morgan fingerprint density at radius 1 is 0.667 bits per heavy atom. The molecule has 0 heterocycles. The summed E-state index contributed by atoms with van der Waals surface area (Å²) in [7, 11) is 0. The normalized spacial score (nSPS) is 10.2. The predicted molar refractivity (Wildman–Crippen MR) is 70.2 cm³/mol. The lowest BCUT2D eigenvalue weighted by Crippen LogP contribution is -1.91. The van der Waals surface area contributed by atoms with Gasteiger partial charge in [0.2, 0.25) is 0 Å². The standard InChI is InChI=1S/C16H14F2/c1-11(2)16(12-3-7-14(17)8-4-12)13-5-9-15(18)10-6-13/h3-10H,1-2H3. The lowest BCUT2D eigenvalue weighted by molar-refractivity contribution is 0.627. The highest BCUT2D eigenvalue weighted by Gasteiger charge is 2.07. The molecule has 2 heteroatoms. The quantitative estimate of drug-likeness (QED) is 0.711. The summed E-state index contributed by atoms with van der Waals surface area (Å²) in [6.45, 7) is 3.98. The molecule has 0 nitrogen and oxygen atoms in total. The summed E-state index contributed by atoms with van der Waals surface area (Å²) in [4.78, 5) is 0. The summed E-state index contributed by atoms with van der Waals surface area (Å²) in [5.74, 6) is -0.517. The monoisotopic (exact) mass is 244 g/mol.